The minimum atomic E-state index is -0.898. The van der Waals surface area contributed by atoms with E-state index in [4.69, 9.17) is 61.8 Å². The highest BCUT2D eigenvalue weighted by Crippen LogP contribution is 2.25. The summed E-state index contributed by atoms with van der Waals surface area (Å²) in [6, 6.07) is 9.03. The number of hydrogen-bond donors (Lipinski definition) is 1. The molecule has 6 nitrogen and oxygen atoms in total. The molecule has 2 amide bonds. The van der Waals surface area contributed by atoms with E-state index in [-0.39, 0.29) is 13.2 Å². The van der Waals surface area contributed by atoms with Crippen molar-refractivity contribution in [2.45, 2.75) is 13.2 Å². The van der Waals surface area contributed by atoms with Gasteiger partial charge in [0.05, 0.1) is 0 Å². The molecule has 2 rings (SSSR count). The van der Waals surface area contributed by atoms with E-state index in [0.29, 0.717) is 36.3 Å². The third-order valence-electron chi connectivity index (χ3n) is 3.09. The van der Waals surface area contributed by atoms with Gasteiger partial charge in [0.1, 0.15) is 13.2 Å². The number of halogens is 4. The topological polar surface area (TPSA) is 77.2 Å². The molecule has 0 atom stereocenters. The van der Waals surface area contributed by atoms with Crippen LogP contribution in [0.3, 0.4) is 0 Å². The molecule has 0 saturated heterocycles. The molecule has 26 heavy (non-hydrogen) atoms. The summed E-state index contributed by atoms with van der Waals surface area (Å²) in [5.41, 5.74) is 6.40. The van der Waals surface area contributed by atoms with Crippen LogP contribution in [-0.2, 0) is 22.9 Å². The van der Waals surface area contributed by atoms with Gasteiger partial charge in [0.15, 0.2) is 6.34 Å². The van der Waals surface area contributed by atoms with Gasteiger partial charge in [0.25, 0.3) is 0 Å². The molecule has 2 aromatic carbocycles. The Morgan fingerprint density at radius 2 is 1.77 bits per heavy atom. The van der Waals surface area contributed by atoms with E-state index in [1.165, 1.54) is 0 Å². The number of urea groups is 1. The van der Waals surface area contributed by atoms with Crippen molar-refractivity contribution >= 4 is 58.8 Å². The Morgan fingerprint density at radius 3 is 2.38 bits per heavy atom. The highest BCUT2D eigenvalue weighted by molar-refractivity contribution is 6.36. The molecule has 0 aliphatic carbocycles. The molecule has 10 heteroatoms. The van der Waals surface area contributed by atoms with E-state index in [2.05, 4.69) is 5.16 Å². The zero-order valence-corrected chi connectivity index (χ0v) is 16.2. The second-order valence-electron chi connectivity index (χ2n) is 4.87. The third-order valence-corrected chi connectivity index (χ3v) is 4.38. The van der Waals surface area contributed by atoms with Gasteiger partial charge >= 0.3 is 6.03 Å². The molecular formula is C16H13Cl4N3O3. The first-order valence-corrected chi connectivity index (χ1v) is 8.63. The second kappa shape index (κ2) is 9.85. The first-order chi connectivity index (χ1) is 12.4. The maximum atomic E-state index is 11.4. The third kappa shape index (κ3) is 5.93. The van der Waals surface area contributed by atoms with Gasteiger partial charge < -0.3 is 10.6 Å². The molecule has 0 unspecified atom stereocenters. The molecule has 0 radical (unpaired) electrons. The van der Waals surface area contributed by atoms with E-state index in [1.54, 1.807) is 36.4 Å². The van der Waals surface area contributed by atoms with Gasteiger partial charge in [-0.1, -0.05) is 63.7 Å². The maximum Gasteiger partial charge on any atom is 0.344 e. The van der Waals surface area contributed by atoms with Crippen molar-refractivity contribution in [1.29, 1.82) is 0 Å². The van der Waals surface area contributed by atoms with Gasteiger partial charge in [-0.2, -0.15) is 5.06 Å². The number of hydroxylamine groups is 2. The SMILES string of the molecule is NC(=O)N(/C=N/OCc1ccc(Cl)cc1Cl)OCc1c(Cl)cccc1Cl. The van der Waals surface area contributed by atoms with E-state index in [0.717, 1.165) is 6.34 Å². The number of amides is 2. The van der Waals surface area contributed by atoms with Crippen LogP contribution in [0.15, 0.2) is 41.6 Å². The van der Waals surface area contributed by atoms with Gasteiger partial charge in [-0.3, -0.25) is 4.84 Å². The molecule has 0 fully saturated rings. The van der Waals surface area contributed by atoms with E-state index < -0.39 is 6.03 Å². The Labute approximate surface area is 169 Å². The van der Waals surface area contributed by atoms with Crippen LogP contribution in [0.2, 0.25) is 20.1 Å². The van der Waals surface area contributed by atoms with Gasteiger partial charge in [0, 0.05) is 31.2 Å². The summed E-state index contributed by atoms with van der Waals surface area (Å²) in [5, 5.41) is 6.06. The normalized spacial score (nSPS) is 10.9. The molecular weight excluding hydrogens is 424 g/mol. The first-order valence-electron chi connectivity index (χ1n) is 7.12. The molecule has 2 N–H and O–H groups in total. The van der Waals surface area contributed by atoms with Crippen molar-refractivity contribution in [3.05, 3.63) is 67.6 Å². The van der Waals surface area contributed by atoms with Gasteiger partial charge in [-0.25, -0.2) is 4.79 Å². The Balaban J connectivity index is 1.93. The minimum Gasteiger partial charge on any atom is -0.390 e. The lowest BCUT2D eigenvalue weighted by Gasteiger charge is -2.15. The van der Waals surface area contributed by atoms with E-state index in [1.807, 2.05) is 0 Å². The standard InChI is InChI=1S/C16H13Cl4N3O3/c17-11-5-4-10(15(20)6-11)7-25-22-9-23(16(21)24)26-8-12-13(18)2-1-3-14(12)19/h1-6,9H,7-8H2,(H2,21,24)/b22-9+. The highest BCUT2D eigenvalue weighted by Gasteiger charge is 2.12. The number of primary amides is 1. The zero-order valence-electron chi connectivity index (χ0n) is 13.2. The number of nitrogens with zero attached hydrogens (tertiary/aromatic N) is 2. The summed E-state index contributed by atoms with van der Waals surface area (Å²) in [6.07, 6.45) is 0.983. The van der Waals surface area contributed by atoms with Crippen molar-refractivity contribution in [3.63, 3.8) is 0 Å². The summed E-state index contributed by atoms with van der Waals surface area (Å²) in [6.45, 7) is -0.0219. The Morgan fingerprint density at radius 1 is 1.08 bits per heavy atom. The van der Waals surface area contributed by atoms with Crippen molar-refractivity contribution in [1.82, 2.24) is 5.06 Å². The zero-order chi connectivity index (χ0) is 19.1. The monoisotopic (exact) mass is 435 g/mol. The lowest BCUT2D eigenvalue weighted by molar-refractivity contribution is -0.0691. The summed E-state index contributed by atoms with van der Waals surface area (Å²) >= 11 is 23.9. The van der Waals surface area contributed by atoms with Crippen molar-refractivity contribution in [2.24, 2.45) is 10.9 Å². The average Bonchev–Trinajstić information content (AvgIpc) is 2.57. The smallest absolute Gasteiger partial charge is 0.344 e. The Bertz CT molecular complexity index is 797. The Kier molecular flexibility index (Phi) is 7.81. The molecule has 0 aliphatic heterocycles. The fourth-order valence-corrected chi connectivity index (χ4v) is 2.75. The van der Waals surface area contributed by atoms with Crippen LogP contribution in [0.4, 0.5) is 4.79 Å². The fraction of sp³-hybridized carbons (Fsp3) is 0.125. The molecule has 2 aromatic rings. The van der Waals surface area contributed by atoms with Crippen LogP contribution < -0.4 is 5.73 Å². The lowest BCUT2D eigenvalue weighted by Crippen LogP contribution is -2.34. The van der Waals surface area contributed by atoms with Crippen molar-refractivity contribution in [3.8, 4) is 0 Å². The predicted octanol–water partition coefficient (Wildman–Crippen LogP) is 5.27. The van der Waals surface area contributed by atoms with E-state index >= 15 is 0 Å². The number of benzene rings is 2. The van der Waals surface area contributed by atoms with Crippen LogP contribution in [0.1, 0.15) is 11.1 Å². The molecule has 0 bridgehead atoms. The van der Waals surface area contributed by atoms with Gasteiger partial charge in [0.2, 0.25) is 0 Å². The minimum absolute atomic E-state index is 0.0649. The van der Waals surface area contributed by atoms with Crippen molar-refractivity contribution in [2.75, 3.05) is 0 Å². The molecule has 0 saturated carbocycles. The number of hydrogen-bond acceptors (Lipinski definition) is 4. The summed E-state index contributed by atoms with van der Waals surface area (Å²) in [7, 11) is 0. The maximum absolute atomic E-state index is 11.4. The van der Waals surface area contributed by atoms with E-state index in [9.17, 15) is 4.79 Å². The lowest BCUT2D eigenvalue weighted by atomic mass is 10.2. The molecule has 0 spiro atoms. The second-order valence-corrected chi connectivity index (χ2v) is 6.53. The summed E-state index contributed by atoms with van der Waals surface area (Å²) in [4.78, 5) is 21.8. The van der Waals surface area contributed by atoms with Gasteiger partial charge in [-0.05, 0) is 24.3 Å². The molecule has 0 heterocycles. The summed E-state index contributed by atoms with van der Waals surface area (Å²) < 4.78 is 0. The largest absolute Gasteiger partial charge is 0.390 e. The van der Waals surface area contributed by atoms with Gasteiger partial charge in [-0.15, -0.1) is 0 Å². The molecule has 138 valence electrons. The van der Waals surface area contributed by atoms with Crippen LogP contribution in [0.25, 0.3) is 0 Å². The van der Waals surface area contributed by atoms with Crippen LogP contribution in [0.5, 0.6) is 0 Å². The number of oxime groups is 1. The molecule has 0 aromatic heterocycles. The van der Waals surface area contributed by atoms with Crippen molar-refractivity contribution < 1.29 is 14.5 Å². The Hall–Kier alpha value is -1.70. The number of nitrogens with two attached hydrogens (primary N) is 1. The van der Waals surface area contributed by atoms with Crippen LogP contribution in [0, 0.1) is 0 Å². The number of rotatable bonds is 7. The highest BCUT2D eigenvalue weighted by atomic mass is 35.5. The van der Waals surface area contributed by atoms with Crippen LogP contribution >= 0.6 is 46.4 Å². The molecule has 0 aliphatic rings. The average molecular weight is 437 g/mol. The van der Waals surface area contributed by atoms with Crippen LogP contribution in [-0.4, -0.2) is 17.4 Å². The first kappa shape index (κ1) is 20.6. The summed E-state index contributed by atoms with van der Waals surface area (Å²) in [5.74, 6) is 0. The predicted molar refractivity (Wildman–Crippen MR) is 102 cm³/mol. The fourth-order valence-electron chi connectivity index (χ4n) is 1.78. The number of carbonyl (C=O) groups is 1. The number of carbonyl (C=O) groups excluding carboxylic acids is 1. The quantitative estimate of drug-likeness (QED) is 0.364.